The van der Waals surface area contributed by atoms with Gasteiger partial charge in [-0.1, -0.05) is 26.0 Å². The fraction of sp³-hybridized carbons (Fsp3) is 0.625. The van der Waals surface area contributed by atoms with Crippen LogP contribution in [0, 0.1) is 11.3 Å². The molecule has 0 bridgehead atoms. The molecule has 0 heterocycles. The monoisotopic (exact) mass is 326 g/mol. The van der Waals surface area contributed by atoms with E-state index in [-0.39, 0.29) is 28.4 Å². The molecule has 1 aliphatic carbocycles. The summed E-state index contributed by atoms with van der Waals surface area (Å²) in [4.78, 5) is 0.123. The van der Waals surface area contributed by atoms with E-state index >= 15 is 0 Å². The fourth-order valence-corrected chi connectivity index (χ4v) is 3.38. The third-order valence-electron chi connectivity index (χ3n) is 4.62. The van der Waals surface area contributed by atoms with E-state index in [1.54, 1.807) is 12.1 Å². The lowest BCUT2D eigenvalue weighted by Gasteiger charge is -2.27. The minimum atomic E-state index is -3.65. The van der Waals surface area contributed by atoms with Gasteiger partial charge in [0.15, 0.2) is 0 Å². The Morgan fingerprint density at radius 2 is 1.77 bits per heavy atom. The number of primary sulfonamides is 1. The average molecular weight is 326 g/mol. The molecule has 0 aliphatic heterocycles. The van der Waals surface area contributed by atoms with Gasteiger partial charge in [0.2, 0.25) is 10.0 Å². The molecule has 1 saturated carbocycles. The lowest BCUT2D eigenvalue weighted by molar-refractivity contribution is 0.0491. The molecule has 6 heteroatoms. The van der Waals surface area contributed by atoms with Crippen LogP contribution in [0.5, 0.6) is 0 Å². The van der Waals surface area contributed by atoms with Crippen molar-refractivity contribution < 1.29 is 13.5 Å². The van der Waals surface area contributed by atoms with Gasteiger partial charge in [-0.2, -0.15) is 0 Å². The van der Waals surface area contributed by atoms with Gasteiger partial charge in [-0.25, -0.2) is 13.6 Å². The van der Waals surface area contributed by atoms with Gasteiger partial charge in [0.05, 0.1) is 11.0 Å². The summed E-state index contributed by atoms with van der Waals surface area (Å²) in [5, 5.41) is 18.9. The number of hydrogen-bond donors (Lipinski definition) is 3. The number of hydrogen-bond acceptors (Lipinski definition) is 4. The van der Waals surface area contributed by atoms with Gasteiger partial charge >= 0.3 is 0 Å². The Kier molecular flexibility index (Phi) is 4.96. The molecule has 5 nitrogen and oxygen atoms in total. The van der Waals surface area contributed by atoms with E-state index in [1.807, 2.05) is 20.8 Å². The first kappa shape index (κ1) is 17.4. The fourth-order valence-electron chi connectivity index (χ4n) is 2.87. The van der Waals surface area contributed by atoms with Crippen molar-refractivity contribution >= 4 is 10.0 Å². The highest BCUT2D eigenvalue weighted by Crippen LogP contribution is 2.50. The second-order valence-electron chi connectivity index (χ2n) is 6.77. The zero-order valence-electron chi connectivity index (χ0n) is 13.4. The van der Waals surface area contributed by atoms with Gasteiger partial charge in [0.1, 0.15) is 0 Å². The Labute approximate surface area is 133 Å². The van der Waals surface area contributed by atoms with Crippen molar-refractivity contribution in [3.63, 3.8) is 0 Å². The lowest BCUT2D eigenvalue weighted by atomic mass is 9.90. The van der Waals surface area contributed by atoms with E-state index in [4.69, 9.17) is 5.14 Å². The molecule has 124 valence electrons. The van der Waals surface area contributed by atoms with Crippen molar-refractivity contribution in [1.29, 1.82) is 0 Å². The van der Waals surface area contributed by atoms with Crippen LogP contribution in [0.25, 0.3) is 0 Å². The first-order valence-electron chi connectivity index (χ1n) is 7.70. The molecule has 22 heavy (non-hydrogen) atoms. The molecule has 0 saturated heterocycles. The van der Waals surface area contributed by atoms with E-state index in [0.717, 1.165) is 24.9 Å². The first-order chi connectivity index (χ1) is 10.2. The summed E-state index contributed by atoms with van der Waals surface area (Å²) in [5.41, 5.74) is 1.01. The Balaban J connectivity index is 1.97. The van der Waals surface area contributed by atoms with E-state index in [0.29, 0.717) is 0 Å². The second kappa shape index (κ2) is 6.28. The Morgan fingerprint density at radius 3 is 2.18 bits per heavy atom. The number of aliphatic hydroxyl groups excluding tert-OH is 1. The summed E-state index contributed by atoms with van der Waals surface area (Å²) in [7, 11) is -3.65. The van der Waals surface area contributed by atoms with E-state index < -0.39 is 10.0 Å². The number of aliphatic hydroxyl groups is 1. The van der Waals surface area contributed by atoms with Crippen LogP contribution in [0.3, 0.4) is 0 Å². The standard InChI is InChI=1S/C16H26N2O3S/c1-11(2)15(19)16(8-9-16)10-18-12(3)13-4-6-14(7-5-13)22(17,20)21/h4-7,11-12,15,18-19H,8-10H2,1-3H3,(H2,17,20,21)/t12-,15-/m1/s1. The van der Waals surface area contributed by atoms with Crippen LogP contribution < -0.4 is 10.5 Å². The molecule has 0 spiro atoms. The molecule has 1 aliphatic rings. The van der Waals surface area contributed by atoms with Gasteiger partial charge in [0, 0.05) is 18.0 Å². The number of rotatable bonds is 7. The topological polar surface area (TPSA) is 92.4 Å². The third kappa shape index (κ3) is 3.87. The van der Waals surface area contributed by atoms with Crippen LogP contribution in [0.15, 0.2) is 29.2 Å². The second-order valence-corrected chi connectivity index (χ2v) is 8.33. The van der Waals surface area contributed by atoms with Crippen molar-refractivity contribution in [2.24, 2.45) is 16.5 Å². The quantitative estimate of drug-likeness (QED) is 0.712. The molecule has 0 amide bonds. The number of benzene rings is 1. The Hall–Kier alpha value is -0.950. The molecule has 1 aromatic carbocycles. The molecule has 1 aromatic rings. The van der Waals surface area contributed by atoms with E-state index in [9.17, 15) is 13.5 Å². The van der Waals surface area contributed by atoms with Gasteiger partial charge in [-0.15, -0.1) is 0 Å². The Bertz CT molecular complexity index is 607. The van der Waals surface area contributed by atoms with E-state index in [2.05, 4.69) is 5.32 Å². The molecule has 4 N–H and O–H groups in total. The minimum Gasteiger partial charge on any atom is -0.392 e. The first-order valence-corrected chi connectivity index (χ1v) is 9.24. The maximum Gasteiger partial charge on any atom is 0.238 e. The van der Waals surface area contributed by atoms with Gasteiger partial charge < -0.3 is 10.4 Å². The predicted molar refractivity (Wildman–Crippen MR) is 86.7 cm³/mol. The van der Waals surface area contributed by atoms with Gasteiger partial charge in [-0.05, 0) is 43.4 Å². The van der Waals surface area contributed by atoms with Crippen molar-refractivity contribution in [2.75, 3.05) is 6.54 Å². The van der Waals surface area contributed by atoms with Crippen molar-refractivity contribution in [3.05, 3.63) is 29.8 Å². The molecule has 2 rings (SSSR count). The van der Waals surface area contributed by atoms with Gasteiger partial charge in [-0.3, -0.25) is 0 Å². The highest BCUT2D eigenvalue weighted by Gasteiger charge is 2.49. The normalized spacial score (nSPS) is 19.9. The maximum absolute atomic E-state index is 11.3. The average Bonchev–Trinajstić information content (AvgIpc) is 3.24. The summed E-state index contributed by atoms with van der Waals surface area (Å²) in [5.74, 6) is 0.258. The van der Waals surface area contributed by atoms with Crippen LogP contribution in [0.4, 0.5) is 0 Å². The highest BCUT2D eigenvalue weighted by atomic mass is 32.2. The van der Waals surface area contributed by atoms with Crippen LogP contribution in [0.2, 0.25) is 0 Å². The zero-order chi connectivity index (χ0) is 16.5. The largest absolute Gasteiger partial charge is 0.392 e. The van der Waals surface area contributed by atoms with Crippen molar-refractivity contribution in [1.82, 2.24) is 5.32 Å². The third-order valence-corrected chi connectivity index (χ3v) is 5.55. The van der Waals surface area contributed by atoms with Crippen molar-refractivity contribution in [2.45, 2.75) is 50.7 Å². The smallest absolute Gasteiger partial charge is 0.238 e. The Morgan fingerprint density at radius 1 is 1.23 bits per heavy atom. The predicted octanol–water partition coefficient (Wildman–Crippen LogP) is 1.78. The number of nitrogens with one attached hydrogen (secondary N) is 1. The summed E-state index contributed by atoms with van der Waals surface area (Å²) in [6, 6.07) is 6.69. The molecule has 0 unspecified atom stereocenters. The van der Waals surface area contributed by atoms with Crippen molar-refractivity contribution in [3.8, 4) is 0 Å². The zero-order valence-corrected chi connectivity index (χ0v) is 14.2. The molecular weight excluding hydrogens is 300 g/mol. The summed E-state index contributed by atoms with van der Waals surface area (Å²) in [6.45, 7) is 6.88. The SMILES string of the molecule is CC(C)[C@@H](O)C1(CN[C@H](C)c2ccc(S(N)(=O)=O)cc2)CC1. The van der Waals surface area contributed by atoms with Crippen LogP contribution >= 0.6 is 0 Å². The molecule has 0 radical (unpaired) electrons. The summed E-state index contributed by atoms with van der Waals surface area (Å²) < 4.78 is 22.5. The van der Waals surface area contributed by atoms with Crippen LogP contribution in [-0.4, -0.2) is 26.2 Å². The molecule has 2 atom stereocenters. The lowest BCUT2D eigenvalue weighted by Crippen LogP contribution is -2.37. The maximum atomic E-state index is 11.3. The number of nitrogens with two attached hydrogens (primary N) is 1. The van der Waals surface area contributed by atoms with Crippen LogP contribution in [0.1, 0.15) is 45.2 Å². The van der Waals surface area contributed by atoms with Crippen LogP contribution in [-0.2, 0) is 10.0 Å². The molecule has 0 aromatic heterocycles. The minimum absolute atomic E-state index is 0.00294. The molecular formula is C16H26N2O3S. The number of sulfonamides is 1. The van der Waals surface area contributed by atoms with E-state index in [1.165, 1.54) is 12.1 Å². The summed E-state index contributed by atoms with van der Waals surface area (Å²) in [6.07, 6.45) is 1.82. The van der Waals surface area contributed by atoms with Gasteiger partial charge in [0.25, 0.3) is 0 Å². The molecule has 1 fully saturated rings. The highest BCUT2D eigenvalue weighted by molar-refractivity contribution is 7.89. The summed E-state index contributed by atoms with van der Waals surface area (Å²) >= 11 is 0.